The third-order valence-corrected chi connectivity index (χ3v) is 4.48. The van der Waals surface area contributed by atoms with Crippen LogP contribution in [0.2, 0.25) is 0 Å². The molecule has 0 bridgehead atoms. The summed E-state index contributed by atoms with van der Waals surface area (Å²) in [5.41, 5.74) is 2.35. The molecule has 23 heavy (non-hydrogen) atoms. The summed E-state index contributed by atoms with van der Waals surface area (Å²) in [6, 6.07) is 5.51. The summed E-state index contributed by atoms with van der Waals surface area (Å²) < 4.78 is 0. The van der Waals surface area contributed by atoms with E-state index in [1.807, 2.05) is 31.1 Å². The maximum Gasteiger partial charge on any atom is 0.251 e. The molecule has 2 aliphatic heterocycles. The lowest BCUT2D eigenvalue weighted by Crippen LogP contribution is -2.50. The van der Waals surface area contributed by atoms with E-state index in [-0.39, 0.29) is 17.9 Å². The lowest BCUT2D eigenvalue weighted by molar-refractivity contribution is -0.118. The molecule has 2 N–H and O–H groups in total. The van der Waals surface area contributed by atoms with Gasteiger partial charge in [-0.05, 0) is 51.6 Å². The number of carbonyl (C=O) groups excluding carboxylic acids is 2. The van der Waals surface area contributed by atoms with E-state index in [4.69, 9.17) is 0 Å². The van der Waals surface area contributed by atoms with Crippen molar-refractivity contribution >= 4 is 23.2 Å². The van der Waals surface area contributed by atoms with E-state index in [0.717, 1.165) is 43.7 Å². The summed E-state index contributed by atoms with van der Waals surface area (Å²) in [6.07, 6.45) is 3.10. The normalized spacial score (nSPS) is 19.9. The van der Waals surface area contributed by atoms with E-state index >= 15 is 0 Å². The monoisotopic (exact) mass is 316 g/mol. The van der Waals surface area contributed by atoms with Gasteiger partial charge in [0.15, 0.2) is 0 Å². The Morgan fingerprint density at radius 2 is 2.22 bits per heavy atom. The van der Waals surface area contributed by atoms with Gasteiger partial charge in [0.25, 0.3) is 5.91 Å². The van der Waals surface area contributed by atoms with Crippen LogP contribution in [0.25, 0.3) is 0 Å². The number of amides is 2. The van der Waals surface area contributed by atoms with Gasteiger partial charge in [-0.25, -0.2) is 0 Å². The number of likely N-dealkylation sites (N-methyl/N-ethyl adjacent to an activating group) is 1. The van der Waals surface area contributed by atoms with Crippen molar-refractivity contribution in [3.05, 3.63) is 23.8 Å². The van der Waals surface area contributed by atoms with Crippen molar-refractivity contribution in [1.29, 1.82) is 0 Å². The third kappa shape index (κ3) is 3.32. The van der Waals surface area contributed by atoms with Gasteiger partial charge >= 0.3 is 0 Å². The van der Waals surface area contributed by atoms with Crippen LogP contribution in [0.5, 0.6) is 0 Å². The molecule has 1 fully saturated rings. The molecule has 0 radical (unpaired) electrons. The molecule has 2 heterocycles. The van der Waals surface area contributed by atoms with E-state index in [1.54, 1.807) is 6.07 Å². The predicted molar refractivity (Wildman–Crippen MR) is 90.9 cm³/mol. The standard InChI is InChI=1S/C17H24N4O2/c1-20(2)10-8-18-16(22)12-6-7-14-13(11-12)19-17(23)15-5-3-4-9-21(14)15/h6-7,11,15H,3-5,8-10H2,1-2H3,(H,18,22)(H,19,23). The maximum absolute atomic E-state index is 12.3. The number of hydrogen-bond acceptors (Lipinski definition) is 4. The van der Waals surface area contributed by atoms with E-state index < -0.39 is 0 Å². The molecule has 3 rings (SSSR count). The Bertz CT molecular complexity index is 615. The van der Waals surface area contributed by atoms with Crippen LogP contribution in [-0.2, 0) is 4.79 Å². The van der Waals surface area contributed by atoms with Gasteiger partial charge in [0.05, 0.1) is 11.4 Å². The highest BCUT2D eigenvalue weighted by Gasteiger charge is 2.34. The van der Waals surface area contributed by atoms with Crippen LogP contribution in [0.15, 0.2) is 18.2 Å². The predicted octanol–water partition coefficient (Wildman–Crippen LogP) is 1.29. The van der Waals surface area contributed by atoms with Gasteiger partial charge in [-0.3, -0.25) is 9.59 Å². The summed E-state index contributed by atoms with van der Waals surface area (Å²) in [4.78, 5) is 28.7. The molecule has 1 aromatic carbocycles. The zero-order chi connectivity index (χ0) is 16.4. The molecule has 0 saturated carbocycles. The summed E-state index contributed by atoms with van der Waals surface area (Å²) in [6.45, 7) is 2.30. The first kappa shape index (κ1) is 15.8. The molecular formula is C17H24N4O2. The number of benzene rings is 1. The average molecular weight is 316 g/mol. The Hall–Kier alpha value is -2.08. The molecule has 6 heteroatoms. The van der Waals surface area contributed by atoms with E-state index in [1.165, 1.54) is 0 Å². The van der Waals surface area contributed by atoms with Crippen LogP contribution in [-0.4, -0.2) is 56.5 Å². The van der Waals surface area contributed by atoms with Crippen LogP contribution >= 0.6 is 0 Å². The molecule has 1 saturated heterocycles. The smallest absolute Gasteiger partial charge is 0.251 e. The highest BCUT2D eigenvalue weighted by Crippen LogP contribution is 2.36. The number of piperidine rings is 1. The van der Waals surface area contributed by atoms with Gasteiger partial charge in [0, 0.05) is 25.2 Å². The second-order valence-electron chi connectivity index (χ2n) is 6.49. The SMILES string of the molecule is CN(C)CCNC(=O)c1ccc2c(c1)NC(=O)C1CCCCN21. The Balaban J connectivity index is 1.76. The minimum atomic E-state index is -0.107. The zero-order valence-electron chi connectivity index (χ0n) is 13.8. The van der Waals surface area contributed by atoms with Crippen LogP contribution in [0, 0.1) is 0 Å². The maximum atomic E-state index is 12.3. The number of rotatable bonds is 4. The van der Waals surface area contributed by atoms with Crippen LogP contribution in [0.3, 0.4) is 0 Å². The highest BCUT2D eigenvalue weighted by atomic mass is 16.2. The van der Waals surface area contributed by atoms with E-state index in [2.05, 4.69) is 15.5 Å². The van der Waals surface area contributed by atoms with E-state index in [9.17, 15) is 9.59 Å². The summed E-state index contributed by atoms with van der Waals surface area (Å²) in [5.74, 6) is -0.0629. The fourth-order valence-electron chi connectivity index (χ4n) is 3.23. The van der Waals surface area contributed by atoms with Crippen molar-refractivity contribution in [2.45, 2.75) is 25.3 Å². The van der Waals surface area contributed by atoms with Crippen molar-refractivity contribution in [1.82, 2.24) is 10.2 Å². The van der Waals surface area contributed by atoms with Crippen molar-refractivity contribution in [2.24, 2.45) is 0 Å². The largest absolute Gasteiger partial charge is 0.358 e. The molecule has 1 unspecified atom stereocenters. The van der Waals surface area contributed by atoms with Crippen LogP contribution < -0.4 is 15.5 Å². The molecule has 0 spiro atoms. The van der Waals surface area contributed by atoms with E-state index in [0.29, 0.717) is 12.1 Å². The number of anilines is 2. The fraction of sp³-hybridized carbons (Fsp3) is 0.529. The lowest BCUT2D eigenvalue weighted by atomic mass is 9.97. The summed E-state index contributed by atoms with van der Waals surface area (Å²) in [7, 11) is 3.94. The number of carbonyl (C=O) groups is 2. The summed E-state index contributed by atoms with van der Waals surface area (Å²) >= 11 is 0. The van der Waals surface area contributed by atoms with Crippen molar-refractivity contribution in [3.63, 3.8) is 0 Å². The number of fused-ring (bicyclic) bond motifs is 3. The first-order valence-electron chi connectivity index (χ1n) is 8.21. The number of nitrogens with zero attached hydrogens (tertiary/aromatic N) is 2. The van der Waals surface area contributed by atoms with Gasteiger partial charge in [0.1, 0.15) is 6.04 Å². The van der Waals surface area contributed by atoms with Crippen molar-refractivity contribution in [2.75, 3.05) is 43.9 Å². The number of hydrogen-bond donors (Lipinski definition) is 2. The molecule has 1 atom stereocenters. The molecule has 0 aromatic heterocycles. The molecule has 2 aliphatic rings. The van der Waals surface area contributed by atoms with Crippen molar-refractivity contribution in [3.8, 4) is 0 Å². The third-order valence-electron chi connectivity index (χ3n) is 4.48. The highest BCUT2D eigenvalue weighted by molar-refractivity contribution is 6.05. The van der Waals surface area contributed by atoms with Crippen LogP contribution in [0.1, 0.15) is 29.6 Å². The Labute approximate surface area is 136 Å². The second-order valence-corrected chi connectivity index (χ2v) is 6.49. The molecule has 0 aliphatic carbocycles. The van der Waals surface area contributed by atoms with Gasteiger partial charge < -0.3 is 20.4 Å². The molecule has 124 valence electrons. The Morgan fingerprint density at radius 3 is 3.00 bits per heavy atom. The Kier molecular flexibility index (Phi) is 4.52. The van der Waals surface area contributed by atoms with Gasteiger partial charge in [-0.2, -0.15) is 0 Å². The first-order chi connectivity index (χ1) is 11.1. The topological polar surface area (TPSA) is 64.7 Å². The molecule has 2 amide bonds. The minimum Gasteiger partial charge on any atom is -0.358 e. The zero-order valence-corrected chi connectivity index (χ0v) is 13.8. The molecular weight excluding hydrogens is 292 g/mol. The minimum absolute atomic E-state index is 0.0439. The molecule has 1 aromatic rings. The van der Waals surface area contributed by atoms with Crippen molar-refractivity contribution < 1.29 is 9.59 Å². The van der Waals surface area contributed by atoms with Gasteiger partial charge in [0.2, 0.25) is 5.91 Å². The fourth-order valence-corrected chi connectivity index (χ4v) is 3.23. The Morgan fingerprint density at radius 1 is 1.39 bits per heavy atom. The second kappa shape index (κ2) is 6.58. The van der Waals surface area contributed by atoms with Gasteiger partial charge in [-0.15, -0.1) is 0 Å². The quantitative estimate of drug-likeness (QED) is 0.878. The number of nitrogens with one attached hydrogen (secondary N) is 2. The lowest BCUT2D eigenvalue weighted by Gasteiger charge is -2.41. The van der Waals surface area contributed by atoms with Gasteiger partial charge in [-0.1, -0.05) is 0 Å². The van der Waals surface area contributed by atoms with Crippen LogP contribution in [0.4, 0.5) is 11.4 Å². The summed E-state index contributed by atoms with van der Waals surface area (Å²) in [5, 5.41) is 5.86. The first-order valence-corrected chi connectivity index (χ1v) is 8.21. The molecule has 6 nitrogen and oxygen atoms in total. The average Bonchev–Trinajstić information content (AvgIpc) is 2.54.